The Morgan fingerprint density at radius 2 is 1.23 bits per heavy atom. The van der Waals surface area contributed by atoms with Gasteiger partial charge in [-0.3, -0.25) is 4.79 Å². The lowest BCUT2D eigenvalue weighted by molar-refractivity contribution is -0.121. The highest BCUT2D eigenvalue weighted by atomic mass is 16.3. The molecule has 2 aromatic rings. The second-order valence-corrected chi connectivity index (χ2v) is 10.0. The van der Waals surface area contributed by atoms with Crippen LogP contribution in [0.2, 0.25) is 0 Å². The summed E-state index contributed by atoms with van der Waals surface area (Å²) in [5, 5.41) is 19.5. The minimum absolute atomic E-state index is 0.130. The minimum atomic E-state index is 0.130. The van der Waals surface area contributed by atoms with E-state index in [1.807, 2.05) is 0 Å². The summed E-state index contributed by atoms with van der Waals surface area (Å²) in [6, 6.07) is 15.7. The van der Waals surface area contributed by atoms with Crippen molar-refractivity contribution in [3.63, 3.8) is 0 Å². The van der Waals surface area contributed by atoms with Gasteiger partial charge in [-0.2, -0.15) is 0 Å². The summed E-state index contributed by atoms with van der Waals surface area (Å²) in [5.41, 5.74) is 2.47. The molecule has 0 heterocycles. The van der Waals surface area contributed by atoms with Gasteiger partial charge in [-0.25, -0.2) is 0 Å². The third-order valence-corrected chi connectivity index (χ3v) is 7.61. The van der Waals surface area contributed by atoms with Gasteiger partial charge in [0, 0.05) is 18.9 Å². The first-order chi connectivity index (χ1) is 15.0. The molecule has 0 amide bonds. The Labute approximate surface area is 186 Å². The molecule has 3 heteroatoms. The number of Topliss-reactive ketones (excluding diaryl/α,β-unsaturated/α-hetero) is 1. The van der Waals surface area contributed by atoms with E-state index in [0.717, 1.165) is 50.0 Å². The molecule has 166 valence electrons. The highest BCUT2D eigenvalue weighted by Gasteiger charge is 2.27. The number of carbonyl (C=O) groups is 1. The van der Waals surface area contributed by atoms with E-state index in [2.05, 4.69) is 30.3 Å². The molecule has 0 aliphatic heterocycles. The average molecular weight is 421 g/mol. The van der Waals surface area contributed by atoms with Gasteiger partial charge in [-0.15, -0.1) is 0 Å². The third kappa shape index (κ3) is 6.35. The Balaban J connectivity index is 1.16. The fourth-order valence-corrected chi connectivity index (χ4v) is 5.87. The first-order valence-corrected chi connectivity index (χ1v) is 12.1. The van der Waals surface area contributed by atoms with E-state index < -0.39 is 0 Å². The van der Waals surface area contributed by atoms with Crippen LogP contribution in [0.15, 0.2) is 48.5 Å². The molecule has 2 N–H and O–H groups in total. The number of hydrogen-bond acceptors (Lipinski definition) is 3. The number of rotatable bonds is 7. The zero-order valence-electron chi connectivity index (χ0n) is 18.5. The van der Waals surface area contributed by atoms with E-state index in [4.69, 9.17) is 0 Å². The van der Waals surface area contributed by atoms with E-state index in [0.29, 0.717) is 23.5 Å². The highest BCUT2D eigenvalue weighted by Crippen LogP contribution is 2.40. The lowest BCUT2D eigenvalue weighted by Gasteiger charge is -2.30. The number of phenols is 2. The van der Waals surface area contributed by atoms with Crippen LogP contribution < -0.4 is 0 Å². The molecule has 0 spiro atoms. The number of benzene rings is 2. The van der Waals surface area contributed by atoms with Crippen LogP contribution in [0.25, 0.3) is 0 Å². The summed E-state index contributed by atoms with van der Waals surface area (Å²) >= 11 is 0. The number of carbonyl (C=O) groups excluding carboxylic acids is 1. The smallest absolute Gasteiger partial charge is 0.133 e. The standard InChI is InChI=1S/C28H36O3/c29-26(15-22-8-6-21(7-9-22)14-20-4-2-1-3-5-20)16-23-10-12-24(13-11-23)25-17-27(30)19-28(31)18-25/h1-5,17-19,21-24,30-31H,6-16H2. The summed E-state index contributed by atoms with van der Waals surface area (Å²) in [7, 11) is 0. The molecule has 0 radical (unpaired) electrons. The maximum atomic E-state index is 12.7. The lowest BCUT2D eigenvalue weighted by Crippen LogP contribution is -2.21. The van der Waals surface area contributed by atoms with Gasteiger partial charge < -0.3 is 10.2 Å². The van der Waals surface area contributed by atoms with Crippen LogP contribution in [0.3, 0.4) is 0 Å². The number of phenolic OH excluding ortho intramolecular Hbond substituents is 2. The normalized spacial score (nSPS) is 26.5. The first kappa shape index (κ1) is 21.9. The monoisotopic (exact) mass is 420 g/mol. The topological polar surface area (TPSA) is 57.5 Å². The van der Waals surface area contributed by atoms with Crippen molar-refractivity contribution in [1.29, 1.82) is 0 Å². The third-order valence-electron chi connectivity index (χ3n) is 7.61. The fraction of sp³-hybridized carbons (Fsp3) is 0.536. The van der Waals surface area contributed by atoms with Crippen molar-refractivity contribution in [1.82, 2.24) is 0 Å². The molecule has 2 aliphatic rings. The Morgan fingerprint density at radius 1 is 0.710 bits per heavy atom. The highest BCUT2D eigenvalue weighted by molar-refractivity contribution is 5.78. The van der Waals surface area contributed by atoms with Crippen LogP contribution >= 0.6 is 0 Å². The van der Waals surface area contributed by atoms with Crippen LogP contribution in [0.4, 0.5) is 0 Å². The van der Waals surface area contributed by atoms with Gasteiger partial charge in [-0.1, -0.05) is 30.3 Å². The van der Waals surface area contributed by atoms with Gasteiger partial charge in [-0.05, 0) is 105 Å². The molecule has 0 unspecified atom stereocenters. The van der Waals surface area contributed by atoms with Crippen LogP contribution in [0.5, 0.6) is 11.5 Å². The van der Waals surface area contributed by atoms with Gasteiger partial charge in [0.05, 0.1) is 0 Å². The summed E-state index contributed by atoms with van der Waals surface area (Å²) in [5.74, 6) is 2.97. The largest absolute Gasteiger partial charge is 0.508 e. The molecule has 2 aliphatic carbocycles. The van der Waals surface area contributed by atoms with Crippen LogP contribution in [0, 0.1) is 17.8 Å². The molecule has 0 aromatic heterocycles. The van der Waals surface area contributed by atoms with Crippen molar-refractivity contribution < 1.29 is 15.0 Å². The van der Waals surface area contributed by atoms with Crippen molar-refractivity contribution in [3.05, 3.63) is 59.7 Å². The Morgan fingerprint density at radius 3 is 1.81 bits per heavy atom. The molecule has 0 saturated heterocycles. The number of hydrogen-bond donors (Lipinski definition) is 2. The van der Waals surface area contributed by atoms with E-state index in [9.17, 15) is 15.0 Å². The van der Waals surface area contributed by atoms with Crippen LogP contribution in [-0.2, 0) is 11.2 Å². The molecule has 0 bridgehead atoms. The Hall–Kier alpha value is -2.29. The summed E-state index contributed by atoms with van der Waals surface area (Å²) in [6.45, 7) is 0. The van der Waals surface area contributed by atoms with E-state index in [-0.39, 0.29) is 11.5 Å². The van der Waals surface area contributed by atoms with Gasteiger partial charge in [0.2, 0.25) is 0 Å². The van der Waals surface area contributed by atoms with E-state index in [1.54, 1.807) is 12.1 Å². The second kappa shape index (κ2) is 10.3. The van der Waals surface area contributed by atoms with E-state index in [1.165, 1.54) is 43.7 Å². The van der Waals surface area contributed by atoms with Crippen molar-refractivity contribution in [2.24, 2.45) is 17.8 Å². The summed E-state index contributed by atoms with van der Waals surface area (Å²) < 4.78 is 0. The van der Waals surface area contributed by atoms with E-state index >= 15 is 0 Å². The molecular formula is C28H36O3. The van der Waals surface area contributed by atoms with Gasteiger partial charge in [0.15, 0.2) is 0 Å². The summed E-state index contributed by atoms with van der Waals surface area (Å²) in [4.78, 5) is 12.7. The average Bonchev–Trinajstić information content (AvgIpc) is 2.76. The SMILES string of the molecule is O=C(CC1CCC(Cc2ccccc2)CC1)CC1CCC(c2cc(O)cc(O)c2)CC1. The summed E-state index contributed by atoms with van der Waals surface area (Å²) in [6.07, 6.45) is 11.8. The molecule has 0 atom stereocenters. The maximum absolute atomic E-state index is 12.7. The van der Waals surface area contributed by atoms with Crippen LogP contribution in [0.1, 0.15) is 81.3 Å². The molecule has 3 nitrogen and oxygen atoms in total. The predicted octanol–water partition coefficient (Wildman–Crippen LogP) is 6.77. The Kier molecular flexibility index (Phi) is 7.32. The number of ketones is 1. The zero-order chi connectivity index (χ0) is 21.6. The second-order valence-electron chi connectivity index (χ2n) is 10.0. The maximum Gasteiger partial charge on any atom is 0.133 e. The molecule has 4 rings (SSSR count). The van der Waals surface area contributed by atoms with Gasteiger partial charge in [0.25, 0.3) is 0 Å². The van der Waals surface area contributed by atoms with Crippen LogP contribution in [-0.4, -0.2) is 16.0 Å². The fourth-order valence-electron chi connectivity index (χ4n) is 5.87. The van der Waals surface area contributed by atoms with Crippen molar-refractivity contribution in [2.75, 3.05) is 0 Å². The van der Waals surface area contributed by atoms with Gasteiger partial charge >= 0.3 is 0 Å². The molecule has 2 saturated carbocycles. The Bertz CT molecular complexity index is 824. The van der Waals surface area contributed by atoms with Gasteiger partial charge in [0.1, 0.15) is 17.3 Å². The predicted molar refractivity (Wildman–Crippen MR) is 124 cm³/mol. The molecular weight excluding hydrogens is 384 g/mol. The molecule has 2 aromatic carbocycles. The minimum Gasteiger partial charge on any atom is -0.508 e. The van der Waals surface area contributed by atoms with Crippen molar-refractivity contribution in [2.45, 2.75) is 76.5 Å². The molecule has 2 fully saturated rings. The quantitative estimate of drug-likeness (QED) is 0.520. The first-order valence-electron chi connectivity index (χ1n) is 12.1. The zero-order valence-corrected chi connectivity index (χ0v) is 18.5. The van der Waals surface area contributed by atoms with Crippen molar-refractivity contribution >= 4 is 5.78 Å². The molecule has 31 heavy (non-hydrogen) atoms. The van der Waals surface area contributed by atoms with Crippen molar-refractivity contribution in [3.8, 4) is 11.5 Å². The number of aromatic hydroxyl groups is 2. The lowest BCUT2D eigenvalue weighted by atomic mass is 9.74.